The molecule has 6 nitrogen and oxygen atoms in total. The van der Waals surface area contributed by atoms with Crippen LogP contribution in [0, 0.1) is 5.41 Å². The highest BCUT2D eigenvalue weighted by atomic mass is 16.5. The second-order valence-corrected chi connectivity index (χ2v) is 4.23. The topological polar surface area (TPSA) is 74.2 Å². The molecule has 0 aromatic rings. The fourth-order valence-electron chi connectivity index (χ4n) is 1.11. The number of carbonyl (C=O) groups is 1. The number of hydrogen-bond donors (Lipinski definition) is 1. The molecule has 0 spiro atoms. The molecule has 0 bridgehead atoms. The van der Waals surface area contributed by atoms with E-state index in [9.17, 15) is 4.79 Å². The van der Waals surface area contributed by atoms with Crippen LogP contribution in [0.5, 0.6) is 0 Å². The SMILES string of the molecule is COCC(C)(COC)C(=O)O.COCC(C)OC. The van der Waals surface area contributed by atoms with E-state index in [2.05, 4.69) is 0 Å². The molecule has 0 aliphatic carbocycles. The van der Waals surface area contributed by atoms with Gasteiger partial charge in [-0.2, -0.15) is 0 Å². The molecule has 0 aromatic heterocycles. The Morgan fingerprint density at radius 1 is 1.11 bits per heavy atom. The van der Waals surface area contributed by atoms with Gasteiger partial charge in [-0.05, 0) is 13.8 Å². The van der Waals surface area contributed by atoms with E-state index in [1.54, 1.807) is 21.1 Å². The van der Waals surface area contributed by atoms with E-state index in [1.165, 1.54) is 14.2 Å². The fourth-order valence-corrected chi connectivity index (χ4v) is 1.11. The number of carboxylic acid groups (broad SMARTS) is 1. The summed E-state index contributed by atoms with van der Waals surface area (Å²) < 4.78 is 19.2. The fraction of sp³-hybridized carbons (Fsp3) is 0.917. The summed E-state index contributed by atoms with van der Waals surface area (Å²) in [5.74, 6) is -0.902. The van der Waals surface area contributed by atoms with Crippen LogP contribution in [0.2, 0.25) is 0 Å². The quantitative estimate of drug-likeness (QED) is 0.707. The summed E-state index contributed by atoms with van der Waals surface area (Å²) in [4.78, 5) is 10.6. The molecule has 1 atom stereocenters. The molecule has 0 amide bonds. The molecule has 110 valence electrons. The number of methoxy groups -OCH3 is 4. The van der Waals surface area contributed by atoms with E-state index in [0.717, 1.165) is 0 Å². The van der Waals surface area contributed by atoms with Gasteiger partial charge in [0.1, 0.15) is 5.41 Å². The summed E-state index contributed by atoms with van der Waals surface area (Å²) in [5.41, 5.74) is -0.927. The maximum Gasteiger partial charge on any atom is 0.314 e. The Morgan fingerprint density at radius 3 is 1.72 bits per heavy atom. The van der Waals surface area contributed by atoms with E-state index >= 15 is 0 Å². The predicted octanol–water partition coefficient (Wildman–Crippen LogP) is 1.04. The van der Waals surface area contributed by atoms with Crippen LogP contribution in [-0.2, 0) is 23.7 Å². The van der Waals surface area contributed by atoms with Gasteiger partial charge >= 0.3 is 5.97 Å². The van der Waals surface area contributed by atoms with Crippen molar-refractivity contribution in [2.45, 2.75) is 20.0 Å². The van der Waals surface area contributed by atoms with Crippen LogP contribution in [0.3, 0.4) is 0 Å². The molecule has 0 heterocycles. The Kier molecular flexibility index (Phi) is 12.4. The average molecular weight is 266 g/mol. The van der Waals surface area contributed by atoms with Crippen molar-refractivity contribution < 1.29 is 28.8 Å². The number of ether oxygens (including phenoxy) is 4. The van der Waals surface area contributed by atoms with Gasteiger partial charge in [-0.15, -0.1) is 0 Å². The van der Waals surface area contributed by atoms with E-state index in [-0.39, 0.29) is 19.3 Å². The van der Waals surface area contributed by atoms with Gasteiger partial charge in [0.25, 0.3) is 0 Å². The third-order valence-electron chi connectivity index (χ3n) is 2.25. The lowest BCUT2D eigenvalue weighted by molar-refractivity contribution is -0.154. The lowest BCUT2D eigenvalue weighted by Crippen LogP contribution is -2.36. The molecule has 0 aromatic carbocycles. The molecule has 0 rings (SSSR count). The van der Waals surface area contributed by atoms with Gasteiger partial charge in [0, 0.05) is 28.4 Å². The van der Waals surface area contributed by atoms with Crippen molar-refractivity contribution in [3.63, 3.8) is 0 Å². The van der Waals surface area contributed by atoms with Gasteiger partial charge in [0.15, 0.2) is 0 Å². The van der Waals surface area contributed by atoms with E-state index in [4.69, 9.17) is 24.1 Å². The minimum atomic E-state index is -0.927. The van der Waals surface area contributed by atoms with Crippen LogP contribution in [-0.4, -0.2) is 65.4 Å². The van der Waals surface area contributed by atoms with Crippen molar-refractivity contribution in [1.29, 1.82) is 0 Å². The van der Waals surface area contributed by atoms with Gasteiger partial charge in [0.2, 0.25) is 0 Å². The third-order valence-corrected chi connectivity index (χ3v) is 2.25. The summed E-state index contributed by atoms with van der Waals surface area (Å²) in [6.45, 7) is 4.55. The van der Waals surface area contributed by atoms with Crippen molar-refractivity contribution in [2.24, 2.45) is 5.41 Å². The maximum absolute atomic E-state index is 10.6. The zero-order valence-electron chi connectivity index (χ0n) is 12.2. The first-order valence-electron chi connectivity index (χ1n) is 5.61. The molecule has 0 aliphatic rings. The third kappa shape index (κ3) is 9.35. The summed E-state index contributed by atoms with van der Waals surface area (Å²) in [7, 11) is 6.27. The van der Waals surface area contributed by atoms with Crippen LogP contribution in [0.1, 0.15) is 13.8 Å². The largest absolute Gasteiger partial charge is 0.481 e. The lowest BCUT2D eigenvalue weighted by Gasteiger charge is -2.22. The van der Waals surface area contributed by atoms with E-state index in [0.29, 0.717) is 6.61 Å². The Balaban J connectivity index is 0. The number of carboxylic acids is 1. The lowest BCUT2D eigenvalue weighted by atomic mass is 9.93. The molecule has 18 heavy (non-hydrogen) atoms. The van der Waals surface area contributed by atoms with Crippen LogP contribution in [0.15, 0.2) is 0 Å². The number of rotatable bonds is 8. The summed E-state index contributed by atoms with van der Waals surface area (Å²) >= 11 is 0. The van der Waals surface area contributed by atoms with Crippen molar-refractivity contribution in [3.05, 3.63) is 0 Å². The second-order valence-electron chi connectivity index (χ2n) is 4.23. The molecule has 0 saturated heterocycles. The normalized spacial score (nSPS) is 12.6. The van der Waals surface area contributed by atoms with Crippen molar-refractivity contribution in [3.8, 4) is 0 Å². The van der Waals surface area contributed by atoms with Crippen LogP contribution < -0.4 is 0 Å². The molecule has 0 radical (unpaired) electrons. The molecule has 1 N–H and O–H groups in total. The van der Waals surface area contributed by atoms with E-state index < -0.39 is 11.4 Å². The average Bonchev–Trinajstić information content (AvgIpc) is 2.30. The van der Waals surface area contributed by atoms with Gasteiger partial charge < -0.3 is 24.1 Å². The Morgan fingerprint density at radius 2 is 1.56 bits per heavy atom. The maximum atomic E-state index is 10.6. The Bertz CT molecular complexity index is 201. The molecule has 6 heteroatoms. The minimum absolute atomic E-state index is 0.163. The van der Waals surface area contributed by atoms with Crippen molar-refractivity contribution >= 4 is 5.97 Å². The van der Waals surface area contributed by atoms with Gasteiger partial charge in [-0.25, -0.2) is 0 Å². The smallest absolute Gasteiger partial charge is 0.314 e. The number of aliphatic carboxylic acids is 1. The van der Waals surface area contributed by atoms with Gasteiger partial charge in [-0.1, -0.05) is 0 Å². The zero-order chi connectivity index (χ0) is 14.6. The first kappa shape index (κ1) is 19.6. The second kappa shape index (κ2) is 11.4. The molecule has 0 saturated carbocycles. The minimum Gasteiger partial charge on any atom is -0.481 e. The molecule has 1 unspecified atom stereocenters. The monoisotopic (exact) mass is 266 g/mol. The zero-order valence-corrected chi connectivity index (χ0v) is 12.2. The molecule has 0 aliphatic heterocycles. The van der Waals surface area contributed by atoms with Gasteiger partial charge in [0.05, 0.1) is 25.9 Å². The van der Waals surface area contributed by atoms with Gasteiger partial charge in [-0.3, -0.25) is 4.79 Å². The first-order chi connectivity index (χ1) is 8.37. The van der Waals surface area contributed by atoms with E-state index in [1.807, 2.05) is 6.92 Å². The molecule has 0 fully saturated rings. The van der Waals surface area contributed by atoms with Crippen LogP contribution in [0.25, 0.3) is 0 Å². The Labute approximate surface area is 109 Å². The van der Waals surface area contributed by atoms with Crippen molar-refractivity contribution in [2.75, 3.05) is 48.3 Å². The summed E-state index contributed by atoms with van der Waals surface area (Å²) in [6, 6.07) is 0. The highest BCUT2D eigenvalue weighted by Crippen LogP contribution is 2.16. The highest BCUT2D eigenvalue weighted by molar-refractivity contribution is 5.74. The highest BCUT2D eigenvalue weighted by Gasteiger charge is 2.33. The van der Waals surface area contributed by atoms with Crippen LogP contribution >= 0.6 is 0 Å². The first-order valence-corrected chi connectivity index (χ1v) is 5.61. The molecular weight excluding hydrogens is 240 g/mol. The Hall–Kier alpha value is -0.690. The molecular formula is C12H26O6. The summed E-state index contributed by atoms with van der Waals surface area (Å²) in [5, 5.41) is 8.73. The standard InChI is InChI=1S/C7H14O4.C5H12O2/c1-7(4-10-2,5-11-3)6(8)9;1-5(7-3)4-6-2/h4-5H2,1-3H3,(H,8,9);5H,4H2,1-3H3. The predicted molar refractivity (Wildman–Crippen MR) is 67.8 cm³/mol. The van der Waals surface area contributed by atoms with Crippen LogP contribution in [0.4, 0.5) is 0 Å². The number of hydrogen-bond acceptors (Lipinski definition) is 5. The summed E-state index contributed by atoms with van der Waals surface area (Å²) in [6.07, 6.45) is 0.227. The van der Waals surface area contributed by atoms with Crippen molar-refractivity contribution in [1.82, 2.24) is 0 Å².